The second-order valence-electron chi connectivity index (χ2n) is 8.87. The number of hydrogen-bond acceptors (Lipinski definition) is 7. The molecule has 194 valence electrons. The van der Waals surface area contributed by atoms with Crippen molar-refractivity contribution in [3.63, 3.8) is 0 Å². The predicted octanol–water partition coefficient (Wildman–Crippen LogP) is 4.56. The van der Waals surface area contributed by atoms with Crippen LogP contribution in [0.4, 0.5) is 21.7 Å². The molecule has 1 aliphatic rings. The van der Waals surface area contributed by atoms with Crippen molar-refractivity contribution in [1.82, 2.24) is 20.2 Å². The summed E-state index contributed by atoms with van der Waals surface area (Å²) in [6.07, 6.45) is 1.69. The molecule has 3 N–H and O–H groups in total. The first-order valence-electron chi connectivity index (χ1n) is 12.6. The third-order valence-corrected chi connectivity index (χ3v) is 6.20. The van der Waals surface area contributed by atoms with Crippen molar-refractivity contribution >= 4 is 23.2 Å². The number of carbonyl (C=O) groups excluding carboxylic acids is 1. The highest BCUT2D eigenvalue weighted by atomic mass is 19.1. The summed E-state index contributed by atoms with van der Waals surface area (Å²) in [6, 6.07) is 22.9. The number of aromatic nitrogens is 2. The molecular weight excluding hydrogens is 483 g/mol. The summed E-state index contributed by atoms with van der Waals surface area (Å²) in [6.45, 7) is 5.19. The second kappa shape index (κ2) is 12.3. The normalized spacial score (nSPS) is 13.6. The molecule has 0 saturated carbocycles. The van der Waals surface area contributed by atoms with Crippen LogP contribution in [0.3, 0.4) is 0 Å². The van der Waals surface area contributed by atoms with Gasteiger partial charge in [-0.05, 0) is 42.5 Å². The Labute approximate surface area is 220 Å². The van der Waals surface area contributed by atoms with Crippen LogP contribution in [0.1, 0.15) is 10.4 Å². The van der Waals surface area contributed by atoms with Gasteiger partial charge in [0, 0.05) is 61.8 Å². The highest BCUT2D eigenvalue weighted by Crippen LogP contribution is 2.23. The highest BCUT2D eigenvalue weighted by Gasteiger charge is 2.13. The number of carbonyl (C=O) groups is 1. The van der Waals surface area contributed by atoms with Crippen LogP contribution in [0.2, 0.25) is 0 Å². The summed E-state index contributed by atoms with van der Waals surface area (Å²) < 4.78 is 20.2. The first-order valence-corrected chi connectivity index (χ1v) is 12.6. The average Bonchev–Trinajstić information content (AvgIpc) is 2.96. The zero-order chi connectivity index (χ0) is 26.2. The van der Waals surface area contributed by atoms with Gasteiger partial charge in [0.1, 0.15) is 18.2 Å². The van der Waals surface area contributed by atoms with E-state index in [1.807, 2.05) is 36.4 Å². The van der Waals surface area contributed by atoms with Crippen LogP contribution in [-0.4, -0.2) is 60.1 Å². The minimum absolute atomic E-state index is 0.0722. The Morgan fingerprint density at radius 3 is 2.58 bits per heavy atom. The largest absolute Gasteiger partial charge is 0.492 e. The molecule has 1 amide bonds. The first-order chi connectivity index (χ1) is 18.6. The van der Waals surface area contributed by atoms with E-state index < -0.39 is 11.7 Å². The van der Waals surface area contributed by atoms with Crippen molar-refractivity contribution in [2.24, 2.45) is 0 Å². The van der Waals surface area contributed by atoms with E-state index in [0.717, 1.165) is 49.7 Å². The smallest absolute Gasteiger partial charge is 0.255 e. The van der Waals surface area contributed by atoms with Gasteiger partial charge in [0.15, 0.2) is 0 Å². The fourth-order valence-corrected chi connectivity index (χ4v) is 4.13. The van der Waals surface area contributed by atoms with Crippen LogP contribution in [-0.2, 0) is 0 Å². The fourth-order valence-electron chi connectivity index (χ4n) is 4.13. The van der Waals surface area contributed by atoms with E-state index in [9.17, 15) is 9.18 Å². The summed E-state index contributed by atoms with van der Waals surface area (Å²) in [5.74, 6) is 0.00536. The predicted molar refractivity (Wildman–Crippen MR) is 146 cm³/mol. The number of anilines is 3. The number of rotatable bonds is 9. The molecule has 0 aliphatic carbocycles. The molecule has 1 saturated heterocycles. The third kappa shape index (κ3) is 6.70. The van der Waals surface area contributed by atoms with E-state index in [2.05, 4.69) is 30.8 Å². The molecule has 3 aromatic carbocycles. The van der Waals surface area contributed by atoms with Gasteiger partial charge < -0.3 is 20.7 Å². The topological polar surface area (TPSA) is 91.4 Å². The van der Waals surface area contributed by atoms with Gasteiger partial charge in [-0.15, -0.1) is 0 Å². The van der Waals surface area contributed by atoms with Gasteiger partial charge in [-0.25, -0.2) is 14.4 Å². The summed E-state index contributed by atoms with van der Waals surface area (Å²) in [5, 5.41) is 9.11. The summed E-state index contributed by atoms with van der Waals surface area (Å²) in [4.78, 5) is 23.9. The molecule has 0 radical (unpaired) electrons. The van der Waals surface area contributed by atoms with E-state index in [0.29, 0.717) is 23.9 Å². The zero-order valence-electron chi connectivity index (χ0n) is 20.9. The second-order valence-corrected chi connectivity index (χ2v) is 8.87. The first kappa shape index (κ1) is 25.3. The van der Waals surface area contributed by atoms with Gasteiger partial charge in [0.25, 0.3) is 5.91 Å². The molecule has 4 aromatic rings. The summed E-state index contributed by atoms with van der Waals surface area (Å²) in [5.41, 5.74) is 2.97. The van der Waals surface area contributed by atoms with E-state index in [1.165, 1.54) is 12.1 Å². The van der Waals surface area contributed by atoms with Gasteiger partial charge >= 0.3 is 0 Å². The quantitative estimate of drug-likeness (QED) is 0.303. The van der Waals surface area contributed by atoms with Gasteiger partial charge in [0.05, 0.1) is 11.4 Å². The zero-order valence-corrected chi connectivity index (χ0v) is 20.9. The van der Waals surface area contributed by atoms with Gasteiger partial charge in [-0.1, -0.05) is 30.3 Å². The SMILES string of the molecule is O=C(Nc1cc(OCCN2CCNCC2)ccc1F)c1ccc(Nc2nccc(-c3ccccc3)n2)cc1. The number of nitrogens with zero attached hydrogens (tertiary/aromatic N) is 3. The standard InChI is InChI=1S/C29H29FN6O2/c30-25-11-10-24(38-19-18-36-16-14-31-15-17-36)20-27(25)34-28(37)22-6-8-23(9-7-22)33-29-32-13-12-26(35-29)21-4-2-1-3-5-21/h1-13,20,31H,14-19H2,(H,34,37)(H,32,33,35). The monoisotopic (exact) mass is 512 g/mol. The maximum atomic E-state index is 14.4. The number of piperazine rings is 1. The Morgan fingerprint density at radius 1 is 1.00 bits per heavy atom. The van der Waals surface area contributed by atoms with E-state index in [-0.39, 0.29) is 5.69 Å². The average molecular weight is 513 g/mol. The Kier molecular flexibility index (Phi) is 8.17. The summed E-state index contributed by atoms with van der Waals surface area (Å²) in [7, 11) is 0. The maximum Gasteiger partial charge on any atom is 0.255 e. The molecule has 2 heterocycles. The van der Waals surface area contributed by atoms with Crippen molar-refractivity contribution in [2.75, 3.05) is 50.0 Å². The number of hydrogen-bond donors (Lipinski definition) is 3. The molecule has 5 rings (SSSR count). The Hall–Kier alpha value is -4.34. The minimum atomic E-state index is -0.526. The lowest BCUT2D eigenvalue weighted by molar-refractivity contribution is 0.102. The lowest BCUT2D eigenvalue weighted by Gasteiger charge is -2.26. The molecule has 9 heteroatoms. The van der Waals surface area contributed by atoms with Crippen LogP contribution in [0, 0.1) is 5.82 Å². The number of halogens is 1. The van der Waals surface area contributed by atoms with Crippen molar-refractivity contribution in [3.8, 4) is 17.0 Å². The molecule has 0 spiro atoms. The molecular formula is C29H29FN6O2. The van der Waals surface area contributed by atoms with Crippen LogP contribution in [0.5, 0.6) is 5.75 Å². The molecule has 8 nitrogen and oxygen atoms in total. The van der Waals surface area contributed by atoms with E-state index >= 15 is 0 Å². The van der Waals surface area contributed by atoms with Crippen LogP contribution < -0.4 is 20.7 Å². The molecule has 1 aromatic heterocycles. The van der Waals surface area contributed by atoms with Gasteiger partial charge in [0.2, 0.25) is 5.95 Å². The highest BCUT2D eigenvalue weighted by molar-refractivity contribution is 6.04. The number of nitrogens with one attached hydrogen (secondary N) is 3. The molecule has 0 atom stereocenters. The lowest BCUT2D eigenvalue weighted by Crippen LogP contribution is -2.44. The third-order valence-electron chi connectivity index (χ3n) is 6.20. The molecule has 1 aliphatic heterocycles. The Balaban J connectivity index is 1.18. The molecule has 0 unspecified atom stereocenters. The number of benzene rings is 3. The van der Waals surface area contributed by atoms with Crippen molar-refractivity contribution in [2.45, 2.75) is 0 Å². The molecule has 1 fully saturated rings. The Bertz CT molecular complexity index is 1360. The van der Waals surface area contributed by atoms with Crippen LogP contribution in [0.25, 0.3) is 11.3 Å². The van der Waals surface area contributed by atoms with Gasteiger partial charge in [-0.3, -0.25) is 9.69 Å². The fraction of sp³-hybridized carbons (Fsp3) is 0.207. The van der Waals surface area contributed by atoms with Gasteiger partial charge in [-0.2, -0.15) is 0 Å². The lowest BCUT2D eigenvalue weighted by atomic mass is 10.1. The molecule has 38 heavy (non-hydrogen) atoms. The maximum absolute atomic E-state index is 14.4. The van der Waals surface area contributed by atoms with Crippen molar-refractivity contribution in [3.05, 3.63) is 96.4 Å². The number of ether oxygens (including phenoxy) is 1. The van der Waals surface area contributed by atoms with E-state index in [4.69, 9.17) is 4.74 Å². The Morgan fingerprint density at radius 2 is 1.79 bits per heavy atom. The van der Waals surface area contributed by atoms with Crippen molar-refractivity contribution < 1.29 is 13.9 Å². The van der Waals surface area contributed by atoms with E-state index in [1.54, 1.807) is 36.5 Å². The van der Waals surface area contributed by atoms with Crippen molar-refractivity contribution in [1.29, 1.82) is 0 Å². The van der Waals surface area contributed by atoms with Crippen LogP contribution in [0.15, 0.2) is 85.1 Å². The summed E-state index contributed by atoms with van der Waals surface area (Å²) >= 11 is 0. The number of amides is 1. The van der Waals surface area contributed by atoms with Crippen LogP contribution >= 0.6 is 0 Å². The molecule has 0 bridgehead atoms. The minimum Gasteiger partial charge on any atom is -0.492 e.